The summed E-state index contributed by atoms with van der Waals surface area (Å²) >= 11 is 0. The maximum absolute atomic E-state index is 13.9. The molecule has 1 aromatic carbocycles. The summed E-state index contributed by atoms with van der Waals surface area (Å²) < 4.78 is 22.8. The zero-order valence-electron chi connectivity index (χ0n) is 26.0. The fraction of sp³-hybridized carbons (Fsp3) is 0.333. The number of halogens is 1. The van der Waals surface area contributed by atoms with Gasteiger partial charge in [0.25, 0.3) is 5.91 Å². The second-order valence-electron chi connectivity index (χ2n) is 11.9. The van der Waals surface area contributed by atoms with Crippen molar-refractivity contribution in [2.75, 3.05) is 56.2 Å². The molecule has 6 heterocycles. The van der Waals surface area contributed by atoms with Crippen LogP contribution >= 0.6 is 0 Å². The number of amides is 2. The number of fused-ring (bicyclic) bond motifs is 1. The van der Waals surface area contributed by atoms with Crippen molar-refractivity contribution >= 4 is 29.1 Å². The molecule has 0 aliphatic carbocycles. The minimum atomic E-state index is -0.338. The highest BCUT2D eigenvalue weighted by molar-refractivity contribution is 6.04. The average molecular weight is 639 g/mol. The van der Waals surface area contributed by atoms with Crippen LogP contribution in [0.4, 0.5) is 16.0 Å². The van der Waals surface area contributed by atoms with Gasteiger partial charge in [-0.25, -0.2) is 18.9 Å². The molecule has 2 aliphatic heterocycles. The Morgan fingerprint density at radius 2 is 1.79 bits per heavy atom. The number of morpholine rings is 1. The SMILES string of the molecule is Cn1nc(-c2ccc(F)cc2)c(-c2ccc3nc(NC(=O)c4ccnc(N5CCOCC5)c4)cn3n2)c1C1CCN(CC(N)=O)CC1. The molecule has 0 radical (unpaired) electrons. The monoisotopic (exact) mass is 638 g/mol. The van der Waals surface area contributed by atoms with E-state index in [1.165, 1.54) is 12.1 Å². The first-order valence-corrected chi connectivity index (χ1v) is 15.6. The number of carbonyl (C=O) groups excluding carboxylic acids is 2. The molecule has 0 saturated carbocycles. The smallest absolute Gasteiger partial charge is 0.257 e. The quantitative estimate of drug-likeness (QED) is 0.262. The number of aryl methyl sites for hydroxylation is 1. The van der Waals surface area contributed by atoms with E-state index in [0.29, 0.717) is 54.7 Å². The van der Waals surface area contributed by atoms with Crippen LogP contribution in [0.25, 0.3) is 28.2 Å². The van der Waals surface area contributed by atoms with Crippen molar-refractivity contribution in [1.29, 1.82) is 0 Å². The van der Waals surface area contributed by atoms with E-state index in [-0.39, 0.29) is 30.1 Å². The van der Waals surface area contributed by atoms with E-state index in [1.807, 2.05) is 23.9 Å². The number of aromatic nitrogens is 6. The number of carbonyl (C=O) groups is 2. The normalized spacial score (nSPS) is 16.1. The number of anilines is 2. The number of hydrogen-bond acceptors (Lipinski definition) is 9. The number of hydrogen-bond donors (Lipinski definition) is 2. The molecule has 7 rings (SSSR count). The van der Waals surface area contributed by atoms with Gasteiger partial charge >= 0.3 is 0 Å². The molecule has 2 fully saturated rings. The van der Waals surface area contributed by atoms with Gasteiger partial charge in [-0.15, -0.1) is 0 Å². The lowest BCUT2D eigenvalue weighted by molar-refractivity contribution is -0.119. The fourth-order valence-electron chi connectivity index (χ4n) is 6.44. The number of likely N-dealkylation sites (tertiary alicyclic amines) is 1. The van der Waals surface area contributed by atoms with Crippen molar-refractivity contribution in [3.63, 3.8) is 0 Å². The standard InChI is InChI=1S/C33H35FN10O3/c1-41-32(22-9-12-42(13-10-22)19-26(35)45)30(31(40-41)21-2-4-24(34)5-3-21)25-6-7-28-37-27(20-44(28)39-25)38-33(46)23-8-11-36-29(18-23)43-14-16-47-17-15-43/h2-8,11,18,20,22H,9-10,12-17,19H2,1H3,(H2,35,45)(H,38,46). The summed E-state index contributed by atoms with van der Waals surface area (Å²) in [6.07, 6.45) is 4.93. The first kappa shape index (κ1) is 30.4. The lowest BCUT2D eigenvalue weighted by atomic mass is 9.88. The van der Waals surface area contributed by atoms with Crippen LogP contribution < -0.4 is 16.0 Å². The van der Waals surface area contributed by atoms with Gasteiger partial charge in [-0.05, 0) is 74.5 Å². The number of nitrogens with one attached hydrogen (secondary N) is 1. The van der Waals surface area contributed by atoms with E-state index in [9.17, 15) is 14.0 Å². The number of nitrogens with two attached hydrogens (primary N) is 1. The van der Waals surface area contributed by atoms with Crippen molar-refractivity contribution in [2.45, 2.75) is 18.8 Å². The van der Waals surface area contributed by atoms with Crippen LogP contribution in [0.2, 0.25) is 0 Å². The highest BCUT2D eigenvalue weighted by Crippen LogP contribution is 2.40. The van der Waals surface area contributed by atoms with Gasteiger partial charge in [-0.2, -0.15) is 10.2 Å². The number of imidazole rings is 1. The van der Waals surface area contributed by atoms with Crippen LogP contribution in [0.3, 0.4) is 0 Å². The van der Waals surface area contributed by atoms with Gasteiger partial charge in [0, 0.05) is 43.4 Å². The van der Waals surface area contributed by atoms with Crippen LogP contribution in [0, 0.1) is 5.82 Å². The Bertz CT molecular complexity index is 1920. The van der Waals surface area contributed by atoms with Crippen LogP contribution in [0.1, 0.15) is 34.8 Å². The average Bonchev–Trinajstić information content (AvgIpc) is 3.65. The molecule has 2 aliphatic rings. The van der Waals surface area contributed by atoms with Gasteiger partial charge in [0.1, 0.15) is 17.3 Å². The van der Waals surface area contributed by atoms with Gasteiger partial charge in [0.2, 0.25) is 5.91 Å². The van der Waals surface area contributed by atoms with Crippen LogP contribution in [-0.2, 0) is 16.6 Å². The Kier molecular flexibility index (Phi) is 8.35. The Morgan fingerprint density at radius 3 is 2.53 bits per heavy atom. The minimum Gasteiger partial charge on any atom is -0.378 e. The number of benzene rings is 1. The second kappa shape index (κ2) is 12.9. The number of primary amides is 1. The molecule has 242 valence electrons. The number of piperidine rings is 1. The van der Waals surface area contributed by atoms with E-state index in [0.717, 1.165) is 48.6 Å². The molecule has 0 bridgehead atoms. The van der Waals surface area contributed by atoms with Crippen molar-refractivity contribution in [3.8, 4) is 22.5 Å². The summed E-state index contributed by atoms with van der Waals surface area (Å²) in [7, 11) is 1.91. The molecule has 3 N–H and O–H groups in total. The van der Waals surface area contributed by atoms with Gasteiger partial charge in [0.15, 0.2) is 11.5 Å². The lowest BCUT2D eigenvalue weighted by Crippen LogP contribution is -2.39. The molecule has 4 aromatic heterocycles. The zero-order valence-corrected chi connectivity index (χ0v) is 26.0. The van der Waals surface area contributed by atoms with Crippen molar-refractivity contribution in [3.05, 3.63) is 78.0 Å². The van der Waals surface area contributed by atoms with Crippen molar-refractivity contribution in [1.82, 2.24) is 34.3 Å². The highest BCUT2D eigenvalue weighted by Gasteiger charge is 2.30. The van der Waals surface area contributed by atoms with Crippen molar-refractivity contribution < 1.29 is 18.7 Å². The van der Waals surface area contributed by atoms with Crippen molar-refractivity contribution in [2.24, 2.45) is 12.8 Å². The molecule has 0 spiro atoms. The zero-order chi connectivity index (χ0) is 32.5. The summed E-state index contributed by atoms with van der Waals surface area (Å²) in [5, 5.41) is 12.7. The van der Waals surface area contributed by atoms with Gasteiger partial charge in [-0.3, -0.25) is 19.2 Å². The number of rotatable bonds is 8. The minimum absolute atomic E-state index is 0.152. The van der Waals surface area contributed by atoms with Gasteiger partial charge < -0.3 is 20.7 Å². The summed E-state index contributed by atoms with van der Waals surface area (Å²) in [6, 6.07) is 13.5. The predicted octanol–water partition coefficient (Wildman–Crippen LogP) is 3.08. The van der Waals surface area contributed by atoms with Crippen LogP contribution in [0.15, 0.2) is 60.9 Å². The van der Waals surface area contributed by atoms with Crippen LogP contribution in [-0.4, -0.2) is 92.0 Å². The predicted molar refractivity (Wildman–Crippen MR) is 173 cm³/mol. The lowest BCUT2D eigenvalue weighted by Gasteiger charge is -2.31. The summed E-state index contributed by atoms with van der Waals surface area (Å²) in [4.78, 5) is 37.9. The Morgan fingerprint density at radius 1 is 1.02 bits per heavy atom. The Hall–Kier alpha value is -5.21. The molecule has 13 nitrogen and oxygen atoms in total. The molecule has 5 aromatic rings. The summed E-state index contributed by atoms with van der Waals surface area (Å²) in [5.41, 5.74) is 10.5. The number of pyridine rings is 1. The third-order valence-electron chi connectivity index (χ3n) is 8.72. The molecule has 14 heteroatoms. The van der Waals surface area contributed by atoms with Crippen LogP contribution in [0.5, 0.6) is 0 Å². The van der Waals surface area contributed by atoms with E-state index < -0.39 is 0 Å². The number of ether oxygens (including phenoxy) is 1. The first-order valence-electron chi connectivity index (χ1n) is 15.6. The first-order chi connectivity index (χ1) is 22.8. The van der Waals surface area contributed by atoms with Gasteiger partial charge in [-0.1, -0.05) is 0 Å². The summed E-state index contributed by atoms with van der Waals surface area (Å²) in [5.74, 6) is 0.265. The fourth-order valence-corrected chi connectivity index (χ4v) is 6.44. The maximum Gasteiger partial charge on any atom is 0.257 e. The van der Waals surface area contributed by atoms with E-state index in [2.05, 4.69) is 25.1 Å². The molecular weight excluding hydrogens is 603 g/mol. The van der Waals surface area contributed by atoms with Gasteiger partial charge in [0.05, 0.1) is 42.9 Å². The molecular formula is C33H35FN10O3. The van der Waals surface area contributed by atoms with E-state index in [1.54, 1.807) is 41.2 Å². The van der Waals surface area contributed by atoms with E-state index >= 15 is 0 Å². The third-order valence-corrected chi connectivity index (χ3v) is 8.72. The maximum atomic E-state index is 13.9. The Balaban J connectivity index is 1.19. The topological polar surface area (TPSA) is 149 Å². The molecule has 0 unspecified atom stereocenters. The Labute approximate surface area is 270 Å². The third kappa shape index (κ3) is 6.42. The molecule has 2 saturated heterocycles. The van der Waals surface area contributed by atoms with E-state index in [4.69, 9.17) is 20.7 Å². The number of nitrogens with zero attached hydrogens (tertiary/aromatic N) is 8. The molecule has 0 atom stereocenters. The second-order valence-corrected chi connectivity index (χ2v) is 11.9. The molecule has 47 heavy (non-hydrogen) atoms. The largest absolute Gasteiger partial charge is 0.378 e. The highest BCUT2D eigenvalue weighted by atomic mass is 19.1. The molecule has 2 amide bonds. The summed E-state index contributed by atoms with van der Waals surface area (Å²) in [6.45, 7) is 4.37.